The van der Waals surface area contributed by atoms with Gasteiger partial charge in [-0.25, -0.2) is 9.55 Å². The van der Waals surface area contributed by atoms with Crippen LogP contribution in [0.15, 0.2) is 81.5 Å². The molecule has 2 aliphatic rings. The van der Waals surface area contributed by atoms with Crippen LogP contribution in [0.3, 0.4) is 0 Å². The number of aliphatic imine (C=N–C) groups is 1. The number of amides is 3. The van der Waals surface area contributed by atoms with Gasteiger partial charge in [0.05, 0.1) is 27.9 Å². The maximum atomic E-state index is 13.0. The number of pyridine rings is 1. The predicted octanol–water partition coefficient (Wildman–Crippen LogP) is 2.46. The molecule has 3 aromatic rings. The van der Waals surface area contributed by atoms with Gasteiger partial charge in [0.1, 0.15) is 17.1 Å². The molecule has 228 valence electrons. The van der Waals surface area contributed by atoms with Gasteiger partial charge in [-0.15, -0.1) is 23.1 Å². The van der Waals surface area contributed by atoms with E-state index in [0.717, 1.165) is 14.6 Å². The minimum atomic E-state index is -0.731. The van der Waals surface area contributed by atoms with Crippen LogP contribution in [0.4, 0.5) is 0 Å². The lowest BCUT2D eigenvalue weighted by atomic mass is 10.0. The molecular formula is C29H29ClN7O4S3+. The van der Waals surface area contributed by atoms with Gasteiger partial charge in [0.2, 0.25) is 5.91 Å². The molecule has 2 atom stereocenters. The normalized spacial score (nSPS) is 18.1. The molecule has 1 saturated heterocycles. The zero-order valence-electron chi connectivity index (χ0n) is 23.4. The molecule has 0 spiro atoms. The van der Waals surface area contributed by atoms with Crippen molar-refractivity contribution in [3.05, 3.63) is 77.8 Å². The van der Waals surface area contributed by atoms with Crippen molar-refractivity contribution < 1.29 is 23.7 Å². The first kappa shape index (κ1) is 31.7. The summed E-state index contributed by atoms with van der Waals surface area (Å²) < 4.78 is 3.70. The maximum absolute atomic E-state index is 13.0. The molecule has 5 rings (SSSR count). The Balaban J connectivity index is 1.13. The number of β-lactam (4-membered cyclic amide) rings is 1. The third-order valence-electron chi connectivity index (χ3n) is 6.74. The highest BCUT2D eigenvalue weighted by Gasteiger charge is 2.53. The molecule has 11 nitrogen and oxygen atoms in total. The molecule has 0 aliphatic carbocycles. The van der Waals surface area contributed by atoms with Crippen molar-refractivity contribution in [1.29, 1.82) is 0 Å². The van der Waals surface area contributed by atoms with E-state index in [9.17, 15) is 19.2 Å². The summed E-state index contributed by atoms with van der Waals surface area (Å²) in [6.45, 7) is 1.53. The number of nitrogens with one attached hydrogen (secondary N) is 2. The Kier molecular flexibility index (Phi) is 10.7. The van der Waals surface area contributed by atoms with Gasteiger partial charge in [0, 0.05) is 31.0 Å². The number of hydrogen-bond acceptors (Lipinski definition) is 9. The highest BCUT2D eigenvalue weighted by atomic mass is 35.5. The average molecular weight is 671 g/mol. The van der Waals surface area contributed by atoms with Crippen molar-refractivity contribution in [2.45, 2.75) is 28.7 Å². The standard InChI is InChI=1S/C29H28ClN7O4S3/c30-25(39)24-19(5-3-12-36-13-8-18(9-14-36)26(40)33-11-4-10-32-17-31)15-42-28-23(27(41)37(24)28)35-22(38)16-43-29-34-20-6-1-2-7-21(20)44-29/h1-3,5-9,13-14,17,23,28H,4,10-12,15-16H2,(H3-,31,32,33,35,38,40)/p+1/b5-3+/t23-,28-/m1/s1. The molecule has 3 amide bonds. The quantitative estimate of drug-likeness (QED) is 0.0478. The Labute approximate surface area is 271 Å². The van der Waals surface area contributed by atoms with Gasteiger partial charge in [-0.05, 0) is 41.8 Å². The van der Waals surface area contributed by atoms with E-state index in [1.807, 2.05) is 34.9 Å². The first-order chi connectivity index (χ1) is 21.4. The lowest BCUT2D eigenvalue weighted by Crippen LogP contribution is -2.70. The van der Waals surface area contributed by atoms with Gasteiger partial charge in [-0.2, -0.15) is 0 Å². The summed E-state index contributed by atoms with van der Waals surface area (Å²) in [5, 5.41) is 4.51. The number of benzene rings is 1. The number of carbonyl (C=O) groups is 4. The van der Waals surface area contributed by atoms with Gasteiger partial charge >= 0.3 is 0 Å². The van der Waals surface area contributed by atoms with Gasteiger partial charge in [0.25, 0.3) is 17.1 Å². The predicted molar refractivity (Wildman–Crippen MR) is 174 cm³/mol. The van der Waals surface area contributed by atoms with Crippen LogP contribution in [0.25, 0.3) is 10.2 Å². The second-order valence-corrected chi connectivity index (χ2v) is 13.4. The molecule has 2 aliphatic heterocycles. The Morgan fingerprint density at radius 1 is 1.23 bits per heavy atom. The number of nitrogens with zero attached hydrogens (tertiary/aromatic N) is 4. The smallest absolute Gasteiger partial charge is 0.269 e. The fraction of sp³-hybridized carbons (Fsp3) is 0.276. The number of carbonyl (C=O) groups excluding carboxylic acids is 4. The van der Waals surface area contributed by atoms with Gasteiger partial charge in [-0.1, -0.05) is 30.0 Å². The highest BCUT2D eigenvalue weighted by Crippen LogP contribution is 2.41. The zero-order valence-corrected chi connectivity index (χ0v) is 26.6. The number of thioether (sulfide) groups is 2. The molecule has 44 heavy (non-hydrogen) atoms. The molecular weight excluding hydrogens is 642 g/mol. The minimum Gasteiger partial charge on any atom is -0.390 e. The number of allylic oxidation sites excluding steroid dienone is 3. The first-order valence-electron chi connectivity index (χ1n) is 13.6. The summed E-state index contributed by atoms with van der Waals surface area (Å²) in [5.41, 5.74) is 7.39. The fourth-order valence-electron chi connectivity index (χ4n) is 4.60. The molecule has 4 N–H and O–H groups in total. The van der Waals surface area contributed by atoms with Crippen molar-refractivity contribution in [2.24, 2.45) is 10.7 Å². The van der Waals surface area contributed by atoms with E-state index in [1.54, 1.807) is 30.6 Å². The lowest BCUT2D eigenvalue weighted by molar-refractivity contribution is -0.687. The SMILES string of the molecule is NC=NCCCNC(=O)c1cc[n+](C/C=C/C2=C(C(=O)Cl)N3C(=O)[C@@H](NC(=O)CSc4nc5ccccc5s4)[C@H]3SC2)cc1. The van der Waals surface area contributed by atoms with Crippen molar-refractivity contribution >= 4 is 86.0 Å². The number of halogens is 1. The third kappa shape index (κ3) is 7.49. The Bertz CT molecular complexity index is 1620. The van der Waals surface area contributed by atoms with E-state index in [4.69, 9.17) is 17.3 Å². The van der Waals surface area contributed by atoms with Crippen LogP contribution in [-0.2, 0) is 20.9 Å². The molecule has 0 radical (unpaired) electrons. The van der Waals surface area contributed by atoms with Crippen LogP contribution in [0.5, 0.6) is 0 Å². The number of nitrogens with two attached hydrogens (primary N) is 1. The van der Waals surface area contributed by atoms with Crippen LogP contribution < -0.4 is 20.9 Å². The highest BCUT2D eigenvalue weighted by molar-refractivity contribution is 8.01. The Morgan fingerprint density at radius 2 is 2.02 bits per heavy atom. The molecule has 1 fully saturated rings. The van der Waals surface area contributed by atoms with E-state index in [-0.39, 0.29) is 29.2 Å². The monoisotopic (exact) mass is 670 g/mol. The number of hydrogen-bond donors (Lipinski definition) is 3. The first-order valence-corrected chi connectivity index (χ1v) is 16.9. The molecule has 4 heterocycles. The number of rotatable bonds is 13. The number of aromatic nitrogens is 2. The summed E-state index contributed by atoms with van der Waals surface area (Å²) in [6, 6.07) is 10.5. The van der Waals surface area contributed by atoms with E-state index in [1.165, 1.54) is 46.1 Å². The summed E-state index contributed by atoms with van der Waals surface area (Å²) in [5.74, 6) is -0.245. The number of thiazole rings is 1. The molecule has 0 bridgehead atoms. The summed E-state index contributed by atoms with van der Waals surface area (Å²) in [6.07, 6.45) is 9.15. The topological polar surface area (TPSA) is 151 Å². The average Bonchev–Trinajstić information content (AvgIpc) is 3.45. The van der Waals surface area contributed by atoms with E-state index in [0.29, 0.717) is 42.9 Å². The van der Waals surface area contributed by atoms with Crippen molar-refractivity contribution in [2.75, 3.05) is 24.6 Å². The number of para-hydroxylation sites is 1. The molecule has 2 aromatic heterocycles. The van der Waals surface area contributed by atoms with Crippen LogP contribution in [0, 0.1) is 0 Å². The van der Waals surface area contributed by atoms with E-state index < -0.39 is 16.7 Å². The molecule has 0 unspecified atom stereocenters. The maximum Gasteiger partial charge on any atom is 0.269 e. The third-order valence-corrected chi connectivity index (χ3v) is 10.4. The van der Waals surface area contributed by atoms with E-state index in [2.05, 4.69) is 20.6 Å². The Morgan fingerprint density at radius 3 is 2.77 bits per heavy atom. The summed E-state index contributed by atoms with van der Waals surface area (Å²) in [4.78, 5) is 60.2. The number of fused-ring (bicyclic) bond motifs is 2. The van der Waals surface area contributed by atoms with Crippen LogP contribution in [-0.4, -0.2) is 75.2 Å². The van der Waals surface area contributed by atoms with Crippen LogP contribution in [0.1, 0.15) is 16.8 Å². The van der Waals surface area contributed by atoms with Gasteiger partial charge < -0.3 is 16.4 Å². The second kappa shape index (κ2) is 14.8. The second-order valence-electron chi connectivity index (χ2n) is 9.69. The van der Waals surface area contributed by atoms with Crippen LogP contribution >= 0.6 is 46.5 Å². The van der Waals surface area contributed by atoms with Gasteiger partial charge in [0.15, 0.2) is 23.3 Å². The van der Waals surface area contributed by atoms with Crippen molar-refractivity contribution in [1.82, 2.24) is 20.5 Å². The van der Waals surface area contributed by atoms with Crippen molar-refractivity contribution in [3.8, 4) is 0 Å². The minimum absolute atomic E-state index is 0.125. The van der Waals surface area contributed by atoms with E-state index >= 15 is 0 Å². The molecule has 0 saturated carbocycles. The van der Waals surface area contributed by atoms with Gasteiger partial charge in [-0.3, -0.25) is 29.1 Å². The fourth-order valence-corrected chi connectivity index (χ4v) is 8.01. The summed E-state index contributed by atoms with van der Waals surface area (Å²) in [7, 11) is 0. The van der Waals surface area contributed by atoms with Crippen LogP contribution in [0.2, 0.25) is 0 Å². The zero-order chi connectivity index (χ0) is 31.1. The largest absolute Gasteiger partial charge is 0.390 e. The summed E-state index contributed by atoms with van der Waals surface area (Å²) >= 11 is 10.2. The molecule has 1 aromatic carbocycles. The Hall–Kier alpha value is -3.72. The molecule has 15 heteroatoms. The van der Waals surface area contributed by atoms with Crippen molar-refractivity contribution in [3.63, 3.8) is 0 Å². The lowest BCUT2D eigenvalue weighted by Gasteiger charge is -2.49.